The van der Waals surface area contributed by atoms with Crippen molar-refractivity contribution < 1.29 is 0 Å². The van der Waals surface area contributed by atoms with E-state index in [2.05, 4.69) is 21.8 Å². The van der Waals surface area contributed by atoms with Gasteiger partial charge in [0, 0.05) is 16.0 Å². The highest BCUT2D eigenvalue weighted by atomic mass is 35.5. The monoisotopic (exact) mass is 333 g/mol. The number of hydrogen-bond acceptors (Lipinski definition) is 4. The molecule has 3 aromatic rings. The van der Waals surface area contributed by atoms with E-state index in [9.17, 15) is 4.79 Å². The maximum atomic E-state index is 12.5. The minimum Gasteiger partial charge on any atom is -0.309 e. The molecule has 0 atom stereocenters. The van der Waals surface area contributed by atoms with Crippen molar-refractivity contribution >= 4 is 33.2 Å². The Morgan fingerprint density at radius 1 is 1.32 bits per heavy atom. The van der Waals surface area contributed by atoms with Gasteiger partial charge in [0.05, 0.1) is 11.9 Å². The minimum atomic E-state index is -0.0873. The van der Waals surface area contributed by atoms with Crippen LogP contribution in [0.5, 0.6) is 0 Å². The predicted octanol–water partition coefficient (Wildman–Crippen LogP) is 3.76. The third-order valence-corrected chi connectivity index (χ3v) is 4.73. The van der Waals surface area contributed by atoms with Crippen LogP contribution in [-0.2, 0) is 6.54 Å². The number of fused-ring (bicyclic) bond motifs is 1. The average Bonchev–Trinajstić information content (AvgIpc) is 2.92. The van der Waals surface area contributed by atoms with E-state index in [0.717, 1.165) is 22.5 Å². The highest BCUT2D eigenvalue weighted by Crippen LogP contribution is 2.31. The first kappa shape index (κ1) is 15.2. The van der Waals surface area contributed by atoms with Crippen molar-refractivity contribution in [1.82, 2.24) is 14.9 Å². The van der Waals surface area contributed by atoms with Gasteiger partial charge in [0.15, 0.2) is 0 Å². The lowest BCUT2D eigenvalue weighted by molar-refractivity contribution is 0.336. The molecule has 0 unspecified atom stereocenters. The second-order valence-electron chi connectivity index (χ2n) is 5.18. The van der Waals surface area contributed by atoms with E-state index in [0.29, 0.717) is 22.8 Å². The SMILES string of the molecule is CCN(C)Cc1nc2scc(-c3ccc(Cl)cc3)c2c(=O)[nH]1. The molecule has 22 heavy (non-hydrogen) atoms. The van der Waals surface area contributed by atoms with Crippen LogP contribution in [0.15, 0.2) is 34.4 Å². The van der Waals surface area contributed by atoms with Gasteiger partial charge in [0.2, 0.25) is 0 Å². The van der Waals surface area contributed by atoms with Crippen LogP contribution in [0.3, 0.4) is 0 Å². The van der Waals surface area contributed by atoms with Crippen molar-refractivity contribution in [1.29, 1.82) is 0 Å². The van der Waals surface area contributed by atoms with Crippen molar-refractivity contribution in [3.05, 3.63) is 50.8 Å². The molecule has 2 heterocycles. The molecule has 4 nitrogen and oxygen atoms in total. The number of rotatable bonds is 4. The quantitative estimate of drug-likeness (QED) is 0.791. The fourth-order valence-electron chi connectivity index (χ4n) is 2.28. The summed E-state index contributed by atoms with van der Waals surface area (Å²) in [5.74, 6) is 0.700. The van der Waals surface area contributed by atoms with Gasteiger partial charge in [-0.05, 0) is 31.3 Å². The molecule has 0 aliphatic heterocycles. The second-order valence-corrected chi connectivity index (χ2v) is 6.47. The van der Waals surface area contributed by atoms with Gasteiger partial charge in [-0.15, -0.1) is 11.3 Å². The van der Waals surface area contributed by atoms with Gasteiger partial charge in [0.25, 0.3) is 5.56 Å². The summed E-state index contributed by atoms with van der Waals surface area (Å²) in [7, 11) is 2.00. The molecule has 0 aliphatic rings. The molecule has 1 aromatic carbocycles. The molecule has 3 rings (SSSR count). The van der Waals surface area contributed by atoms with Crippen LogP contribution < -0.4 is 5.56 Å². The summed E-state index contributed by atoms with van der Waals surface area (Å²) in [6.07, 6.45) is 0. The number of H-pyrrole nitrogens is 1. The molecule has 0 fully saturated rings. The fourth-order valence-corrected chi connectivity index (χ4v) is 3.37. The van der Waals surface area contributed by atoms with E-state index >= 15 is 0 Å². The molecule has 0 aliphatic carbocycles. The van der Waals surface area contributed by atoms with E-state index in [4.69, 9.17) is 11.6 Å². The Morgan fingerprint density at radius 2 is 2.05 bits per heavy atom. The first-order valence-electron chi connectivity index (χ1n) is 7.03. The third kappa shape index (κ3) is 2.92. The van der Waals surface area contributed by atoms with E-state index < -0.39 is 0 Å². The zero-order valence-electron chi connectivity index (χ0n) is 12.4. The molecular weight excluding hydrogens is 318 g/mol. The second kappa shape index (κ2) is 6.20. The predicted molar refractivity (Wildman–Crippen MR) is 92.7 cm³/mol. The van der Waals surface area contributed by atoms with Gasteiger partial charge in [-0.1, -0.05) is 30.7 Å². The number of nitrogens with one attached hydrogen (secondary N) is 1. The van der Waals surface area contributed by atoms with Crippen LogP contribution >= 0.6 is 22.9 Å². The molecular formula is C16H16ClN3OS. The molecule has 0 spiro atoms. The van der Waals surface area contributed by atoms with Crippen LogP contribution in [-0.4, -0.2) is 28.5 Å². The van der Waals surface area contributed by atoms with Crippen molar-refractivity contribution in [3.8, 4) is 11.1 Å². The van der Waals surface area contributed by atoms with E-state index in [1.807, 2.05) is 36.7 Å². The van der Waals surface area contributed by atoms with E-state index in [1.165, 1.54) is 11.3 Å². The van der Waals surface area contributed by atoms with Gasteiger partial charge in [-0.2, -0.15) is 0 Å². The molecule has 2 aromatic heterocycles. The smallest absolute Gasteiger partial charge is 0.260 e. The van der Waals surface area contributed by atoms with Gasteiger partial charge < -0.3 is 4.98 Å². The lowest BCUT2D eigenvalue weighted by atomic mass is 10.1. The third-order valence-electron chi connectivity index (χ3n) is 3.61. The Labute approximate surface area is 137 Å². The van der Waals surface area contributed by atoms with E-state index in [-0.39, 0.29) is 5.56 Å². The van der Waals surface area contributed by atoms with Crippen LogP contribution in [0.25, 0.3) is 21.3 Å². The number of nitrogens with zero attached hydrogens (tertiary/aromatic N) is 2. The van der Waals surface area contributed by atoms with Crippen molar-refractivity contribution in [2.75, 3.05) is 13.6 Å². The molecule has 114 valence electrons. The Hall–Kier alpha value is -1.69. The Morgan fingerprint density at radius 3 is 2.73 bits per heavy atom. The lowest BCUT2D eigenvalue weighted by Crippen LogP contribution is -2.21. The highest BCUT2D eigenvalue weighted by Gasteiger charge is 2.13. The average molecular weight is 334 g/mol. The zero-order chi connectivity index (χ0) is 15.7. The van der Waals surface area contributed by atoms with E-state index in [1.54, 1.807) is 0 Å². The standard InChI is InChI=1S/C16H16ClN3OS/c1-3-20(2)8-13-18-15(21)14-12(9-22-16(14)19-13)10-4-6-11(17)7-5-10/h4-7,9H,3,8H2,1-2H3,(H,18,19,21). The van der Waals surface area contributed by atoms with Gasteiger partial charge in [0.1, 0.15) is 10.7 Å². The van der Waals surface area contributed by atoms with Gasteiger partial charge >= 0.3 is 0 Å². The Balaban J connectivity index is 2.08. The highest BCUT2D eigenvalue weighted by molar-refractivity contribution is 7.17. The summed E-state index contributed by atoms with van der Waals surface area (Å²) in [5.41, 5.74) is 1.79. The van der Waals surface area contributed by atoms with Crippen LogP contribution in [0.4, 0.5) is 0 Å². The normalized spacial score (nSPS) is 11.5. The summed E-state index contributed by atoms with van der Waals surface area (Å²) in [6.45, 7) is 3.61. The lowest BCUT2D eigenvalue weighted by Gasteiger charge is -2.12. The van der Waals surface area contributed by atoms with Gasteiger partial charge in [-0.3, -0.25) is 9.69 Å². The first-order valence-corrected chi connectivity index (χ1v) is 8.29. The molecule has 0 radical (unpaired) electrons. The topological polar surface area (TPSA) is 49.0 Å². The first-order chi connectivity index (χ1) is 10.6. The van der Waals surface area contributed by atoms with Crippen molar-refractivity contribution in [2.24, 2.45) is 0 Å². The van der Waals surface area contributed by atoms with Crippen LogP contribution in [0.1, 0.15) is 12.7 Å². The number of benzene rings is 1. The molecule has 1 N–H and O–H groups in total. The fraction of sp³-hybridized carbons (Fsp3) is 0.250. The minimum absolute atomic E-state index is 0.0873. The van der Waals surface area contributed by atoms with Crippen molar-refractivity contribution in [3.63, 3.8) is 0 Å². The summed E-state index contributed by atoms with van der Waals surface area (Å²) >= 11 is 7.42. The Bertz CT molecular complexity index is 854. The van der Waals surface area contributed by atoms with Gasteiger partial charge in [-0.25, -0.2) is 4.98 Å². The summed E-state index contributed by atoms with van der Waals surface area (Å²) in [6, 6.07) is 7.49. The maximum Gasteiger partial charge on any atom is 0.260 e. The molecule has 0 bridgehead atoms. The van der Waals surface area contributed by atoms with Crippen LogP contribution in [0, 0.1) is 0 Å². The number of halogens is 1. The number of aromatic amines is 1. The number of aromatic nitrogens is 2. The molecule has 0 saturated carbocycles. The summed E-state index contributed by atoms with van der Waals surface area (Å²) < 4.78 is 0. The molecule has 6 heteroatoms. The zero-order valence-corrected chi connectivity index (χ0v) is 14.0. The number of hydrogen-bond donors (Lipinski definition) is 1. The van der Waals surface area contributed by atoms with Crippen molar-refractivity contribution in [2.45, 2.75) is 13.5 Å². The maximum absolute atomic E-state index is 12.5. The summed E-state index contributed by atoms with van der Waals surface area (Å²) in [4.78, 5) is 22.8. The summed E-state index contributed by atoms with van der Waals surface area (Å²) in [5, 5.41) is 3.30. The number of thiophene rings is 1. The van der Waals surface area contributed by atoms with Crippen LogP contribution in [0.2, 0.25) is 5.02 Å². The Kier molecular flexibility index (Phi) is 4.29. The molecule has 0 saturated heterocycles. The largest absolute Gasteiger partial charge is 0.309 e. The molecule has 0 amide bonds.